The Morgan fingerprint density at radius 3 is 3.06 bits per heavy atom. The number of benzene rings is 1. The summed E-state index contributed by atoms with van der Waals surface area (Å²) in [6.07, 6.45) is 2.67. The van der Waals surface area contributed by atoms with Crippen LogP contribution in [0.5, 0.6) is 5.75 Å². The van der Waals surface area contributed by atoms with Gasteiger partial charge in [-0.1, -0.05) is 0 Å². The standard InChI is InChI=1S/C13H12ClNO2/c1-8(14)13-15-7-12(17-13)9-2-3-11-10(6-9)4-5-16-11/h2-3,6-8H,4-5H2,1H3. The van der Waals surface area contributed by atoms with Gasteiger partial charge in [-0.3, -0.25) is 0 Å². The minimum atomic E-state index is -0.207. The number of ether oxygens (including phenoxy) is 1. The summed E-state index contributed by atoms with van der Waals surface area (Å²) in [6.45, 7) is 2.60. The molecule has 0 N–H and O–H groups in total. The van der Waals surface area contributed by atoms with Gasteiger partial charge < -0.3 is 9.15 Å². The van der Waals surface area contributed by atoms with Crippen LogP contribution in [0, 0.1) is 0 Å². The van der Waals surface area contributed by atoms with E-state index < -0.39 is 0 Å². The molecular weight excluding hydrogens is 238 g/mol. The lowest BCUT2D eigenvalue weighted by molar-refractivity contribution is 0.357. The van der Waals surface area contributed by atoms with E-state index in [4.69, 9.17) is 20.8 Å². The van der Waals surface area contributed by atoms with Crippen LogP contribution in [0.1, 0.15) is 23.8 Å². The highest BCUT2D eigenvalue weighted by Gasteiger charge is 2.15. The van der Waals surface area contributed by atoms with E-state index in [9.17, 15) is 0 Å². The predicted octanol–water partition coefficient (Wildman–Crippen LogP) is 3.58. The Labute approximate surface area is 104 Å². The Balaban J connectivity index is 1.97. The molecule has 0 bridgehead atoms. The maximum Gasteiger partial charge on any atom is 0.212 e. The summed E-state index contributed by atoms with van der Waals surface area (Å²) < 4.78 is 11.1. The van der Waals surface area contributed by atoms with Crippen molar-refractivity contribution in [3.8, 4) is 17.1 Å². The van der Waals surface area contributed by atoms with Crippen molar-refractivity contribution in [1.29, 1.82) is 0 Å². The molecule has 1 aliphatic heterocycles. The van der Waals surface area contributed by atoms with Crippen LogP contribution in [-0.2, 0) is 6.42 Å². The van der Waals surface area contributed by atoms with Gasteiger partial charge in [-0.15, -0.1) is 11.6 Å². The van der Waals surface area contributed by atoms with Crippen molar-refractivity contribution in [2.45, 2.75) is 18.7 Å². The number of rotatable bonds is 2. The zero-order valence-electron chi connectivity index (χ0n) is 9.44. The zero-order valence-corrected chi connectivity index (χ0v) is 10.2. The lowest BCUT2D eigenvalue weighted by atomic mass is 10.1. The summed E-state index contributed by atoms with van der Waals surface area (Å²) in [4.78, 5) is 4.16. The summed E-state index contributed by atoms with van der Waals surface area (Å²) in [5.41, 5.74) is 2.24. The van der Waals surface area contributed by atoms with Gasteiger partial charge in [-0.05, 0) is 30.7 Å². The molecule has 0 saturated heterocycles. The molecule has 0 amide bonds. The molecule has 17 heavy (non-hydrogen) atoms. The summed E-state index contributed by atoms with van der Waals surface area (Å²) in [6, 6.07) is 6.04. The number of oxazole rings is 1. The number of halogens is 1. The fourth-order valence-electron chi connectivity index (χ4n) is 1.94. The molecule has 0 aliphatic carbocycles. The Kier molecular flexibility index (Phi) is 2.56. The molecule has 2 aromatic rings. The van der Waals surface area contributed by atoms with Crippen molar-refractivity contribution < 1.29 is 9.15 Å². The largest absolute Gasteiger partial charge is 0.493 e. The number of nitrogens with zero attached hydrogens (tertiary/aromatic N) is 1. The van der Waals surface area contributed by atoms with Crippen molar-refractivity contribution in [2.24, 2.45) is 0 Å². The smallest absolute Gasteiger partial charge is 0.212 e. The number of aromatic nitrogens is 1. The van der Waals surface area contributed by atoms with Gasteiger partial charge in [0.2, 0.25) is 5.89 Å². The lowest BCUT2D eigenvalue weighted by Crippen LogP contribution is -1.85. The monoisotopic (exact) mass is 249 g/mol. The van der Waals surface area contributed by atoms with Gasteiger partial charge >= 0.3 is 0 Å². The number of fused-ring (bicyclic) bond motifs is 1. The predicted molar refractivity (Wildman–Crippen MR) is 65.4 cm³/mol. The van der Waals surface area contributed by atoms with Gasteiger partial charge in [0.15, 0.2) is 5.76 Å². The first-order valence-corrected chi connectivity index (χ1v) is 6.03. The second kappa shape index (κ2) is 4.08. The van der Waals surface area contributed by atoms with Crippen LogP contribution in [0.4, 0.5) is 0 Å². The molecule has 1 aliphatic rings. The second-order valence-electron chi connectivity index (χ2n) is 4.10. The molecule has 0 fully saturated rings. The zero-order chi connectivity index (χ0) is 11.8. The highest BCUT2D eigenvalue weighted by atomic mass is 35.5. The first-order chi connectivity index (χ1) is 8.24. The summed E-state index contributed by atoms with van der Waals surface area (Å²) in [5.74, 6) is 2.28. The third kappa shape index (κ3) is 1.91. The second-order valence-corrected chi connectivity index (χ2v) is 4.75. The molecule has 1 atom stereocenters. The van der Waals surface area contributed by atoms with Gasteiger partial charge in [0.25, 0.3) is 0 Å². The molecule has 88 valence electrons. The van der Waals surface area contributed by atoms with E-state index in [0.717, 1.165) is 30.1 Å². The molecule has 0 radical (unpaired) electrons. The van der Waals surface area contributed by atoms with Gasteiger partial charge in [0.1, 0.15) is 11.1 Å². The van der Waals surface area contributed by atoms with Crippen LogP contribution in [0.25, 0.3) is 11.3 Å². The molecule has 4 heteroatoms. The van der Waals surface area contributed by atoms with Crippen molar-refractivity contribution in [3.63, 3.8) is 0 Å². The third-order valence-corrected chi connectivity index (χ3v) is 3.02. The Hall–Kier alpha value is -1.48. The van der Waals surface area contributed by atoms with Crippen molar-refractivity contribution in [1.82, 2.24) is 4.98 Å². The quantitative estimate of drug-likeness (QED) is 0.763. The molecular formula is C13H12ClNO2. The average Bonchev–Trinajstić information content (AvgIpc) is 2.97. The Morgan fingerprint density at radius 2 is 2.29 bits per heavy atom. The Morgan fingerprint density at radius 1 is 1.41 bits per heavy atom. The van der Waals surface area contributed by atoms with Gasteiger partial charge in [-0.2, -0.15) is 0 Å². The lowest BCUT2D eigenvalue weighted by Gasteiger charge is -2.01. The van der Waals surface area contributed by atoms with Crippen LogP contribution >= 0.6 is 11.6 Å². The molecule has 0 spiro atoms. The number of alkyl halides is 1. The van der Waals surface area contributed by atoms with E-state index in [0.29, 0.717) is 5.89 Å². The minimum Gasteiger partial charge on any atom is -0.493 e. The summed E-state index contributed by atoms with van der Waals surface area (Å²) >= 11 is 5.92. The van der Waals surface area contributed by atoms with Crippen molar-refractivity contribution >= 4 is 11.6 Å². The van der Waals surface area contributed by atoms with Crippen molar-refractivity contribution in [3.05, 3.63) is 35.9 Å². The molecule has 3 nitrogen and oxygen atoms in total. The summed E-state index contributed by atoms with van der Waals surface area (Å²) in [7, 11) is 0. The van der Waals surface area contributed by atoms with Crippen LogP contribution in [0.3, 0.4) is 0 Å². The SMILES string of the molecule is CC(Cl)c1ncc(-c2ccc3c(c2)CCO3)o1. The van der Waals surface area contributed by atoms with E-state index in [1.807, 2.05) is 19.1 Å². The van der Waals surface area contributed by atoms with Crippen molar-refractivity contribution in [2.75, 3.05) is 6.61 Å². The van der Waals surface area contributed by atoms with E-state index >= 15 is 0 Å². The van der Waals surface area contributed by atoms with Crippen LogP contribution < -0.4 is 4.74 Å². The molecule has 1 unspecified atom stereocenters. The fraction of sp³-hybridized carbons (Fsp3) is 0.308. The number of hydrogen-bond donors (Lipinski definition) is 0. The Bertz CT molecular complexity index is 548. The maximum absolute atomic E-state index is 5.92. The van der Waals surface area contributed by atoms with Crippen LogP contribution in [0.2, 0.25) is 0 Å². The highest BCUT2D eigenvalue weighted by molar-refractivity contribution is 6.20. The van der Waals surface area contributed by atoms with E-state index in [2.05, 4.69) is 11.1 Å². The van der Waals surface area contributed by atoms with E-state index in [-0.39, 0.29) is 5.38 Å². The minimum absolute atomic E-state index is 0.207. The van der Waals surface area contributed by atoms with Crippen LogP contribution in [0.15, 0.2) is 28.8 Å². The van der Waals surface area contributed by atoms with E-state index in [1.165, 1.54) is 5.56 Å². The van der Waals surface area contributed by atoms with Crippen LogP contribution in [-0.4, -0.2) is 11.6 Å². The molecule has 2 heterocycles. The van der Waals surface area contributed by atoms with Gasteiger partial charge in [0.05, 0.1) is 12.8 Å². The maximum atomic E-state index is 5.92. The van der Waals surface area contributed by atoms with Gasteiger partial charge in [-0.25, -0.2) is 4.98 Å². The first kappa shape index (κ1) is 10.7. The first-order valence-electron chi connectivity index (χ1n) is 5.60. The fourth-order valence-corrected chi connectivity index (χ4v) is 2.05. The van der Waals surface area contributed by atoms with Gasteiger partial charge in [0, 0.05) is 12.0 Å². The topological polar surface area (TPSA) is 35.3 Å². The van der Waals surface area contributed by atoms with E-state index in [1.54, 1.807) is 6.20 Å². The molecule has 0 saturated carbocycles. The third-order valence-electron chi connectivity index (χ3n) is 2.84. The molecule has 3 rings (SSSR count). The normalized spacial score (nSPS) is 15.4. The number of hydrogen-bond acceptors (Lipinski definition) is 3. The average molecular weight is 250 g/mol. The highest BCUT2D eigenvalue weighted by Crippen LogP contribution is 2.31. The molecule has 1 aromatic carbocycles. The molecule has 1 aromatic heterocycles. The summed E-state index contributed by atoms with van der Waals surface area (Å²) in [5, 5.41) is -0.207.